The minimum atomic E-state index is -3.57. The van der Waals surface area contributed by atoms with Crippen molar-refractivity contribution < 1.29 is 22.7 Å². The highest BCUT2D eigenvalue weighted by atomic mass is 32.2. The minimum absolute atomic E-state index is 0.200. The molecule has 160 valence electrons. The zero-order valence-electron chi connectivity index (χ0n) is 17.4. The Balaban J connectivity index is 1.69. The normalized spacial score (nSPS) is 12.9. The highest BCUT2D eigenvalue weighted by Gasteiger charge is 2.21. The largest absolute Gasteiger partial charge is 0.495 e. The van der Waals surface area contributed by atoms with Crippen LogP contribution in [0, 0.1) is 0 Å². The van der Waals surface area contributed by atoms with E-state index < -0.39 is 15.7 Å². The van der Waals surface area contributed by atoms with E-state index in [1.165, 1.54) is 23.6 Å². The Morgan fingerprint density at radius 2 is 1.80 bits per heavy atom. The zero-order chi connectivity index (χ0) is 21.9. The van der Waals surface area contributed by atoms with Crippen LogP contribution in [0.15, 0.2) is 41.3 Å². The van der Waals surface area contributed by atoms with Crippen molar-refractivity contribution in [2.24, 2.45) is 0 Å². The molecule has 2 aromatic carbocycles. The molecule has 0 aromatic heterocycles. The van der Waals surface area contributed by atoms with Crippen LogP contribution >= 0.6 is 0 Å². The summed E-state index contributed by atoms with van der Waals surface area (Å²) in [6.07, 6.45) is 2.71. The number of carbonyl (C=O) groups is 2. The van der Waals surface area contributed by atoms with Crippen molar-refractivity contribution in [1.29, 1.82) is 0 Å². The molecule has 1 aliphatic rings. The van der Waals surface area contributed by atoms with Gasteiger partial charge in [0.2, 0.25) is 5.91 Å². The fourth-order valence-electron chi connectivity index (χ4n) is 3.50. The monoisotopic (exact) mass is 430 g/mol. The van der Waals surface area contributed by atoms with E-state index in [1.807, 2.05) is 6.07 Å². The first-order valence-electron chi connectivity index (χ1n) is 9.75. The number of aryl methyl sites for hydroxylation is 2. The van der Waals surface area contributed by atoms with Crippen molar-refractivity contribution in [2.75, 3.05) is 32.3 Å². The highest BCUT2D eigenvalue weighted by molar-refractivity contribution is 7.91. The molecule has 0 fully saturated rings. The van der Waals surface area contributed by atoms with Crippen LogP contribution in [0.5, 0.6) is 5.75 Å². The fourth-order valence-corrected chi connectivity index (χ4v) is 4.78. The predicted octanol–water partition coefficient (Wildman–Crippen LogP) is 2.69. The molecule has 2 aromatic rings. The number of ether oxygens (including phenoxy) is 1. The van der Waals surface area contributed by atoms with E-state index in [9.17, 15) is 18.0 Å². The van der Waals surface area contributed by atoms with Gasteiger partial charge in [-0.15, -0.1) is 0 Å². The van der Waals surface area contributed by atoms with Crippen LogP contribution in [0.2, 0.25) is 0 Å². The van der Waals surface area contributed by atoms with E-state index in [-0.39, 0.29) is 23.0 Å². The summed E-state index contributed by atoms with van der Waals surface area (Å²) in [6, 6.07) is 9.94. The van der Waals surface area contributed by atoms with Gasteiger partial charge in [0.15, 0.2) is 9.84 Å². The van der Waals surface area contributed by atoms with Gasteiger partial charge in [-0.05, 0) is 60.7 Å². The first-order chi connectivity index (χ1) is 14.2. The van der Waals surface area contributed by atoms with Crippen LogP contribution in [-0.4, -0.2) is 52.1 Å². The Hall–Kier alpha value is -2.87. The summed E-state index contributed by atoms with van der Waals surface area (Å²) >= 11 is 0. The fraction of sp³-hybridized carbons (Fsp3) is 0.364. The van der Waals surface area contributed by atoms with Gasteiger partial charge in [0.25, 0.3) is 5.91 Å². The Morgan fingerprint density at radius 1 is 1.07 bits per heavy atom. The molecular formula is C22H26N2O5S. The van der Waals surface area contributed by atoms with Crippen LogP contribution in [0.25, 0.3) is 0 Å². The minimum Gasteiger partial charge on any atom is -0.495 e. The van der Waals surface area contributed by atoms with Gasteiger partial charge in [0.05, 0.1) is 23.4 Å². The Kier molecular flexibility index (Phi) is 6.45. The number of rotatable bonds is 7. The van der Waals surface area contributed by atoms with Crippen LogP contribution in [0.4, 0.5) is 5.69 Å². The number of hydrogen-bond acceptors (Lipinski definition) is 5. The van der Waals surface area contributed by atoms with Crippen molar-refractivity contribution in [3.63, 3.8) is 0 Å². The number of hydrogen-bond donors (Lipinski definition) is 1. The van der Waals surface area contributed by atoms with Crippen LogP contribution in [-0.2, 0) is 27.5 Å². The van der Waals surface area contributed by atoms with E-state index in [4.69, 9.17) is 4.74 Å². The maximum absolute atomic E-state index is 12.7. The van der Waals surface area contributed by atoms with Gasteiger partial charge in [-0.25, -0.2) is 8.42 Å². The summed E-state index contributed by atoms with van der Waals surface area (Å²) in [5.74, 6) is -0.587. The Labute approximate surface area is 177 Å². The number of sulfone groups is 1. The first kappa shape index (κ1) is 21.8. The molecule has 8 heteroatoms. The lowest BCUT2D eigenvalue weighted by Gasteiger charge is -2.14. The first-order valence-corrected chi connectivity index (χ1v) is 11.4. The summed E-state index contributed by atoms with van der Waals surface area (Å²) in [5.41, 5.74) is 2.99. The van der Waals surface area contributed by atoms with Crippen molar-refractivity contribution in [3.8, 4) is 5.75 Å². The summed E-state index contributed by atoms with van der Waals surface area (Å²) in [7, 11) is 1.15. The number of nitrogens with zero attached hydrogens (tertiary/aromatic N) is 1. The molecule has 7 nitrogen and oxygen atoms in total. The molecule has 0 atom stereocenters. The quantitative estimate of drug-likeness (QED) is 0.729. The summed E-state index contributed by atoms with van der Waals surface area (Å²) < 4.78 is 30.6. The topological polar surface area (TPSA) is 92.8 Å². The second-order valence-electron chi connectivity index (χ2n) is 7.52. The number of fused-ring (bicyclic) bond motifs is 1. The third kappa shape index (κ3) is 4.81. The second kappa shape index (κ2) is 8.87. The van der Waals surface area contributed by atoms with E-state index in [1.54, 1.807) is 38.4 Å². The molecule has 0 aliphatic heterocycles. The molecule has 0 saturated heterocycles. The molecule has 1 aliphatic carbocycles. The Morgan fingerprint density at radius 3 is 2.50 bits per heavy atom. The molecule has 0 heterocycles. The molecule has 1 N–H and O–H groups in total. The predicted molar refractivity (Wildman–Crippen MR) is 115 cm³/mol. The maximum atomic E-state index is 12.7. The van der Waals surface area contributed by atoms with Crippen molar-refractivity contribution in [3.05, 3.63) is 53.1 Å². The van der Waals surface area contributed by atoms with Crippen molar-refractivity contribution in [2.45, 2.75) is 30.6 Å². The second-order valence-corrected chi connectivity index (χ2v) is 9.62. The molecule has 0 radical (unpaired) electrons. The van der Waals surface area contributed by atoms with E-state index in [0.717, 1.165) is 24.8 Å². The van der Waals surface area contributed by atoms with Crippen molar-refractivity contribution in [1.82, 2.24) is 4.90 Å². The third-order valence-electron chi connectivity index (χ3n) is 5.15. The lowest BCUT2D eigenvalue weighted by molar-refractivity contribution is -0.115. The van der Waals surface area contributed by atoms with E-state index in [0.29, 0.717) is 17.0 Å². The number of nitrogens with one attached hydrogen (secondary N) is 1. The average molecular weight is 431 g/mol. The van der Waals surface area contributed by atoms with Crippen LogP contribution in [0.3, 0.4) is 0 Å². The summed E-state index contributed by atoms with van der Waals surface area (Å²) in [4.78, 5) is 26.3. The van der Waals surface area contributed by atoms with Gasteiger partial charge in [-0.3, -0.25) is 9.59 Å². The molecule has 0 bridgehead atoms. The maximum Gasteiger partial charge on any atom is 0.253 e. The lowest BCUT2D eigenvalue weighted by Crippen LogP contribution is -2.22. The number of anilines is 1. The molecule has 2 amide bonds. The number of amides is 2. The zero-order valence-corrected chi connectivity index (χ0v) is 18.2. The molecule has 0 saturated carbocycles. The summed E-state index contributed by atoms with van der Waals surface area (Å²) in [6.45, 7) is 0. The molecule has 0 spiro atoms. The van der Waals surface area contributed by atoms with Gasteiger partial charge < -0.3 is 15.0 Å². The molecular weight excluding hydrogens is 404 g/mol. The van der Waals surface area contributed by atoms with Gasteiger partial charge in [0, 0.05) is 26.1 Å². The number of benzene rings is 2. The average Bonchev–Trinajstić information content (AvgIpc) is 3.19. The van der Waals surface area contributed by atoms with Gasteiger partial charge >= 0.3 is 0 Å². The van der Waals surface area contributed by atoms with Gasteiger partial charge in [-0.1, -0.05) is 6.07 Å². The van der Waals surface area contributed by atoms with Crippen molar-refractivity contribution >= 4 is 27.3 Å². The molecule has 0 unspecified atom stereocenters. The molecule has 3 rings (SSSR count). The third-order valence-corrected chi connectivity index (χ3v) is 6.87. The van der Waals surface area contributed by atoms with E-state index in [2.05, 4.69) is 5.32 Å². The smallest absolute Gasteiger partial charge is 0.253 e. The standard InChI is InChI=1S/C22H26N2O5S/c1-24(2)22(26)17-8-10-20(29-3)19(14-17)23-21(25)11-12-30(27,28)18-9-7-15-5-4-6-16(15)13-18/h7-10,13-14H,4-6,11-12H2,1-3H3,(H,23,25). The van der Waals surface area contributed by atoms with Crippen LogP contribution in [0.1, 0.15) is 34.3 Å². The lowest BCUT2D eigenvalue weighted by atomic mass is 10.1. The Bertz CT molecular complexity index is 1080. The van der Waals surface area contributed by atoms with E-state index >= 15 is 0 Å². The van der Waals surface area contributed by atoms with Gasteiger partial charge in [-0.2, -0.15) is 0 Å². The SMILES string of the molecule is COc1ccc(C(=O)N(C)C)cc1NC(=O)CCS(=O)(=O)c1ccc2c(c1)CCC2. The van der Waals surface area contributed by atoms with Crippen LogP contribution < -0.4 is 10.1 Å². The molecule has 30 heavy (non-hydrogen) atoms. The number of carbonyl (C=O) groups excluding carboxylic acids is 2. The highest BCUT2D eigenvalue weighted by Crippen LogP contribution is 2.27. The summed E-state index contributed by atoms with van der Waals surface area (Å²) in [5, 5.41) is 2.66. The van der Waals surface area contributed by atoms with Gasteiger partial charge in [0.1, 0.15) is 5.75 Å². The number of methoxy groups -OCH3 is 1.